The highest BCUT2D eigenvalue weighted by Crippen LogP contribution is 2.42. The maximum absolute atomic E-state index is 13.0. The van der Waals surface area contributed by atoms with E-state index in [1.54, 1.807) is 19.3 Å². The Morgan fingerprint density at radius 1 is 1.21 bits per heavy atom. The molecule has 6 nitrogen and oxygen atoms in total. The number of hydrogen-bond acceptors (Lipinski definition) is 6. The molecule has 0 atom stereocenters. The number of aromatic hydroxyl groups is 1. The van der Waals surface area contributed by atoms with Crippen LogP contribution in [0.15, 0.2) is 36.1 Å². The molecule has 0 bridgehead atoms. The summed E-state index contributed by atoms with van der Waals surface area (Å²) in [6.07, 6.45) is 1.72. The average molecular weight is 418 g/mol. The van der Waals surface area contributed by atoms with E-state index in [-0.39, 0.29) is 29.7 Å². The largest absolute Gasteiger partial charge is 0.507 e. The summed E-state index contributed by atoms with van der Waals surface area (Å²) in [5, 5.41) is 10.5. The predicted octanol–water partition coefficient (Wildman–Crippen LogP) is 3.58. The van der Waals surface area contributed by atoms with Crippen molar-refractivity contribution in [1.29, 1.82) is 0 Å². The summed E-state index contributed by atoms with van der Waals surface area (Å²) in [4.78, 5) is 15.2. The number of ether oxygens (including phenoxy) is 3. The molecule has 29 heavy (non-hydrogen) atoms. The third-order valence-electron chi connectivity index (χ3n) is 5.12. The van der Waals surface area contributed by atoms with Gasteiger partial charge in [-0.25, -0.2) is 0 Å². The van der Waals surface area contributed by atoms with Gasteiger partial charge in [0.1, 0.15) is 17.2 Å². The summed E-state index contributed by atoms with van der Waals surface area (Å²) in [5.74, 6) is 1.47. The Morgan fingerprint density at radius 3 is 2.55 bits per heavy atom. The van der Waals surface area contributed by atoms with Gasteiger partial charge < -0.3 is 19.3 Å². The van der Waals surface area contributed by atoms with Crippen LogP contribution in [-0.2, 0) is 11.3 Å². The number of hydrogen-bond donors (Lipinski definition) is 1. The number of carbonyl (C=O) groups excluding carboxylic acids is 1. The van der Waals surface area contributed by atoms with Crippen molar-refractivity contribution in [3.63, 3.8) is 0 Å². The number of benzene rings is 2. The monoisotopic (exact) mass is 417 g/mol. The summed E-state index contributed by atoms with van der Waals surface area (Å²) in [7, 11) is 1.61. The molecule has 2 aliphatic heterocycles. The molecule has 4 rings (SSSR count). The third-order valence-corrected chi connectivity index (χ3v) is 5.12. The van der Waals surface area contributed by atoms with Gasteiger partial charge in [0.15, 0.2) is 5.76 Å². The molecule has 1 fully saturated rings. The van der Waals surface area contributed by atoms with Gasteiger partial charge in [0, 0.05) is 19.6 Å². The van der Waals surface area contributed by atoms with Gasteiger partial charge in [-0.2, -0.15) is 0 Å². The maximum Gasteiger partial charge on any atom is 0.232 e. The highest BCUT2D eigenvalue weighted by Gasteiger charge is 2.33. The third kappa shape index (κ3) is 4.24. The van der Waals surface area contributed by atoms with E-state index in [9.17, 15) is 9.90 Å². The predicted molar refractivity (Wildman–Crippen MR) is 112 cm³/mol. The van der Waals surface area contributed by atoms with Crippen LogP contribution in [0.3, 0.4) is 0 Å². The van der Waals surface area contributed by atoms with Crippen LogP contribution in [0.25, 0.3) is 6.08 Å². The molecule has 154 valence electrons. The lowest BCUT2D eigenvalue weighted by Gasteiger charge is -2.27. The molecule has 0 unspecified atom stereocenters. The van der Waals surface area contributed by atoms with E-state index < -0.39 is 0 Å². The van der Waals surface area contributed by atoms with Gasteiger partial charge in [-0.3, -0.25) is 9.69 Å². The van der Waals surface area contributed by atoms with E-state index in [1.165, 1.54) is 0 Å². The summed E-state index contributed by atoms with van der Waals surface area (Å²) in [6.45, 7) is 5.22. The molecule has 2 aromatic carbocycles. The maximum atomic E-state index is 13.0. The molecule has 0 amide bonds. The highest BCUT2D eigenvalue weighted by atomic mass is 35.5. The van der Waals surface area contributed by atoms with Crippen molar-refractivity contribution >= 4 is 24.3 Å². The van der Waals surface area contributed by atoms with Gasteiger partial charge in [0.2, 0.25) is 5.78 Å². The number of allylic oxidation sites excluding steroid dienone is 1. The first kappa shape index (κ1) is 21.2. The molecular formula is C22H24ClNO5. The number of carbonyl (C=O) groups is 1. The van der Waals surface area contributed by atoms with Gasteiger partial charge in [-0.1, -0.05) is 12.1 Å². The Bertz CT molecular complexity index is 933. The fourth-order valence-corrected chi connectivity index (χ4v) is 3.57. The number of rotatable bonds is 4. The van der Waals surface area contributed by atoms with Crippen molar-refractivity contribution in [1.82, 2.24) is 4.90 Å². The van der Waals surface area contributed by atoms with Crippen molar-refractivity contribution in [2.24, 2.45) is 0 Å². The Balaban J connectivity index is 0.00000240. The molecule has 0 spiro atoms. The quantitative estimate of drug-likeness (QED) is 0.767. The van der Waals surface area contributed by atoms with E-state index in [0.717, 1.165) is 24.4 Å². The van der Waals surface area contributed by atoms with E-state index >= 15 is 0 Å². The highest BCUT2D eigenvalue weighted by molar-refractivity contribution is 6.15. The van der Waals surface area contributed by atoms with Crippen LogP contribution in [0.4, 0.5) is 0 Å². The standard InChI is InChI=1S/C22H23NO5.ClH/c1-14-11-18(24)17(13-23-7-9-27-10-8-23)22-20(14)21(25)19(28-22)12-15-3-5-16(26-2)6-4-15;/h3-6,11-12,24H,7-10,13H2,1-2H3;1H/b19-12-;. The minimum Gasteiger partial charge on any atom is -0.507 e. The van der Waals surface area contributed by atoms with Crippen molar-refractivity contribution in [2.75, 3.05) is 33.4 Å². The van der Waals surface area contributed by atoms with Gasteiger partial charge in [0.25, 0.3) is 0 Å². The van der Waals surface area contributed by atoms with Crippen LogP contribution < -0.4 is 9.47 Å². The molecule has 1 N–H and O–H groups in total. The summed E-state index contributed by atoms with van der Waals surface area (Å²) < 4.78 is 16.5. The van der Waals surface area contributed by atoms with Crippen LogP contribution in [0, 0.1) is 6.92 Å². The topological polar surface area (TPSA) is 68.2 Å². The molecule has 0 aliphatic carbocycles. The minimum atomic E-state index is -0.161. The van der Waals surface area contributed by atoms with Crippen LogP contribution in [0.1, 0.15) is 27.0 Å². The number of fused-ring (bicyclic) bond motifs is 1. The molecule has 7 heteroatoms. The summed E-state index contributed by atoms with van der Waals surface area (Å²) in [6, 6.07) is 9.04. The molecule has 0 saturated carbocycles. The first-order valence-corrected chi connectivity index (χ1v) is 9.30. The molecule has 2 aliphatic rings. The molecule has 1 saturated heterocycles. The van der Waals surface area contributed by atoms with Crippen LogP contribution >= 0.6 is 12.4 Å². The van der Waals surface area contributed by atoms with E-state index in [1.807, 2.05) is 31.2 Å². The first-order valence-electron chi connectivity index (χ1n) is 9.30. The molecule has 2 heterocycles. The lowest BCUT2D eigenvalue weighted by atomic mass is 9.99. The second-order valence-corrected chi connectivity index (χ2v) is 7.00. The number of ketones is 1. The Kier molecular flexibility index (Phi) is 6.47. The fraction of sp³-hybridized carbons (Fsp3) is 0.318. The zero-order valence-electron chi connectivity index (χ0n) is 16.4. The van der Waals surface area contributed by atoms with Crippen LogP contribution in [0.5, 0.6) is 17.2 Å². The second kappa shape index (κ2) is 8.86. The number of morpholine rings is 1. The number of methoxy groups -OCH3 is 1. The molecular weight excluding hydrogens is 394 g/mol. The van der Waals surface area contributed by atoms with E-state index in [0.29, 0.717) is 42.2 Å². The van der Waals surface area contributed by atoms with Gasteiger partial charge in [-0.05, 0) is 42.3 Å². The van der Waals surface area contributed by atoms with Crippen molar-refractivity contribution in [2.45, 2.75) is 13.5 Å². The fourth-order valence-electron chi connectivity index (χ4n) is 3.57. The Morgan fingerprint density at radius 2 is 1.90 bits per heavy atom. The molecule has 0 radical (unpaired) electrons. The first-order chi connectivity index (χ1) is 13.6. The number of phenolic OH excluding ortho intramolecular Hbond substituents is 1. The smallest absolute Gasteiger partial charge is 0.232 e. The number of nitrogens with zero attached hydrogens (tertiary/aromatic N) is 1. The lowest BCUT2D eigenvalue weighted by molar-refractivity contribution is 0.0336. The zero-order chi connectivity index (χ0) is 19.7. The van der Waals surface area contributed by atoms with Crippen molar-refractivity contribution in [3.8, 4) is 17.2 Å². The molecule has 2 aromatic rings. The number of Topliss-reactive ketones (excluding diaryl/α,β-unsaturated/α-hetero) is 1. The van der Waals surface area contributed by atoms with Gasteiger partial charge in [0.05, 0.1) is 31.5 Å². The van der Waals surface area contributed by atoms with Crippen LogP contribution in [-0.4, -0.2) is 49.2 Å². The van der Waals surface area contributed by atoms with Crippen molar-refractivity contribution in [3.05, 3.63) is 58.3 Å². The van der Waals surface area contributed by atoms with Crippen molar-refractivity contribution < 1.29 is 24.1 Å². The second-order valence-electron chi connectivity index (χ2n) is 7.00. The molecule has 0 aromatic heterocycles. The summed E-state index contributed by atoms with van der Waals surface area (Å²) in [5.41, 5.74) is 2.73. The zero-order valence-corrected chi connectivity index (χ0v) is 17.3. The van der Waals surface area contributed by atoms with E-state index in [2.05, 4.69) is 4.90 Å². The Hall–Kier alpha value is -2.54. The van der Waals surface area contributed by atoms with Crippen LogP contribution in [0.2, 0.25) is 0 Å². The summed E-state index contributed by atoms with van der Waals surface area (Å²) >= 11 is 0. The number of phenols is 1. The Labute approximate surface area is 176 Å². The van der Waals surface area contributed by atoms with E-state index in [4.69, 9.17) is 14.2 Å². The van der Waals surface area contributed by atoms with Gasteiger partial charge >= 0.3 is 0 Å². The number of aryl methyl sites for hydroxylation is 1. The normalized spacial score (nSPS) is 17.6. The van der Waals surface area contributed by atoms with Gasteiger partial charge in [-0.15, -0.1) is 12.4 Å². The minimum absolute atomic E-state index is 0. The average Bonchev–Trinajstić information content (AvgIpc) is 3.03. The number of halogens is 1. The lowest BCUT2D eigenvalue weighted by Crippen LogP contribution is -2.35. The SMILES string of the molecule is COc1ccc(/C=C2\Oc3c(CN4CCOCC4)c(O)cc(C)c3C2=O)cc1.Cl.